The van der Waals surface area contributed by atoms with Crippen LogP contribution in [0.3, 0.4) is 0 Å². The summed E-state index contributed by atoms with van der Waals surface area (Å²) in [6.07, 6.45) is 1.73. The summed E-state index contributed by atoms with van der Waals surface area (Å²) < 4.78 is 0.935. The first-order valence-electron chi connectivity index (χ1n) is 4.92. The summed E-state index contributed by atoms with van der Waals surface area (Å²) in [4.78, 5) is 22.5. The van der Waals surface area contributed by atoms with E-state index < -0.39 is 0 Å². The fraction of sp³-hybridized carbons (Fsp3) is 0.182. The molecule has 0 radical (unpaired) electrons. The largest absolute Gasteiger partial charge is 0.301 e. The van der Waals surface area contributed by atoms with Crippen LogP contribution in [0.2, 0.25) is 0 Å². The average molecular weight is 312 g/mol. The van der Waals surface area contributed by atoms with E-state index in [1.807, 2.05) is 13.0 Å². The maximum Gasteiger partial charge on any atom is 0.251 e. The zero-order valence-corrected chi connectivity index (χ0v) is 11.7. The second-order valence-electron chi connectivity index (χ2n) is 3.57. The van der Waals surface area contributed by atoms with E-state index in [2.05, 4.69) is 30.9 Å². The molecular formula is C11H10BrN3OS. The molecule has 0 aromatic carbocycles. The van der Waals surface area contributed by atoms with Crippen LogP contribution in [0.1, 0.15) is 11.3 Å². The molecule has 0 aliphatic heterocycles. The van der Waals surface area contributed by atoms with E-state index in [0.717, 1.165) is 15.1 Å². The smallest absolute Gasteiger partial charge is 0.251 e. The van der Waals surface area contributed by atoms with E-state index >= 15 is 0 Å². The minimum atomic E-state index is -0.144. The molecule has 2 heterocycles. The van der Waals surface area contributed by atoms with Gasteiger partial charge in [0, 0.05) is 22.4 Å². The number of halogens is 1. The number of hydrogen-bond donors (Lipinski definition) is 1. The average Bonchev–Trinajstić information content (AvgIpc) is 2.21. The van der Waals surface area contributed by atoms with E-state index in [4.69, 9.17) is 0 Å². The summed E-state index contributed by atoms with van der Waals surface area (Å²) in [5.41, 5.74) is 1.59. The Morgan fingerprint density at radius 1 is 1.35 bits per heavy atom. The van der Waals surface area contributed by atoms with E-state index in [-0.39, 0.29) is 5.56 Å². The summed E-state index contributed by atoms with van der Waals surface area (Å²) in [7, 11) is 0. The van der Waals surface area contributed by atoms with Gasteiger partial charge in [-0.05, 0) is 53.2 Å². The van der Waals surface area contributed by atoms with Crippen LogP contribution >= 0.6 is 27.7 Å². The van der Waals surface area contributed by atoms with Crippen molar-refractivity contribution in [1.82, 2.24) is 15.0 Å². The molecule has 0 atom stereocenters. The zero-order chi connectivity index (χ0) is 12.4. The molecule has 0 saturated carbocycles. The molecule has 0 unspecified atom stereocenters. The van der Waals surface area contributed by atoms with Crippen LogP contribution in [0.25, 0.3) is 0 Å². The van der Waals surface area contributed by atoms with Crippen LogP contribution in [0, 0.1) is 13.8 Å². The quantitative estimate of drug-likeness (QED) is 0.866. The molecule has 2 aromatic rings. The third kappa shape index (κ3) is 3.17. The summed E-state index contributed by atoms with van der Waals surface area (Å²) >= 11 is 4.71. The number of aryl methyl sites for hydroxylation is 2. The maximum absolute atomic E-state index is 11.3. The van der Waals surface area contributed by atoms with Crippen molar-refractivity contribution in [2.75, 3.05) is 0 Å². The Kier molecular flexibility index (Phi) is 3.63. The lowest BCUT2D eigenvalue weighted by Crippen LogP contribution is -2.08. The van der Waals surface area contributed by atoms with E-state index in [0.29, 0.717) is 10.9 Å². The fourth-order valence-corrected chi connectivity index (χ4v) is 2.62. The minimum absolute atomic E-state index is 0.144. The summed E-state index contributed by atoms with van der Waals surface area (Å²) in [6.45, 7) is 3.76. The van der Waals surface area contributed by atoms with Crippen molar-refractivity contribution in [3.63, 3.8) is 0 Å². The van der Waals surface area contributed by atoms with Crippen molar-refractivity contribution in [1.29, 1.82) is 0 Å². The number of aromatic amines is 1. The van der Waals surface area contributed by atoms with Crippen molar-refractivity contribution in [2.45, 2.75) is 24.0 Å². The lowest BCUT2D eigenvalue weighted by Gasteiger charge is -2.04. The third-order valence-corrected chi connectivity index (χ3v) is 3.48. The predicted molar refractivity (Wildman–Crippen MR) is 70.4 cm³/mol. The predicted octanol–water partition coefficient (Wildman–Crippen LogP) is 2.70. The first-order valence-corrected chi connectivity index (χ1v) is 6.53. The maximum atomic E-state index is 11.3. The topological polar surface area (TPSA) is 58.6 Å². The Hall–Kier alpha value is -1.14. The van der Waals surface area contributed by atoms with E-state index in [9.17, 15) is 4.79 Å². The lowest BCUT2D eigenvalue weighted by molar-refractivity contribution is 0.900. The highest BCUT2D eigenvalue weighted by Gasteiger charge is 2.06. The number of hydrogen-bond acceptors (Lipinski definition) is 4. The van der Waals surface area contributed by atoms with Gasteiger partial charge in [-0.25, -0.2) is 9.97 Å². The Morgan fingerprint density at radius 2 is 2.12 bits per heavy atom. The second-order valence-corrected chi connectivity index (χ2v) is 5.46. The molecule has 2 aromatic heterocycles. The standard InChI is InChI=1S/C11H10BrN3OS/c1-6-3-8(12)5-13-10(6)17-11-14-7(2)4-9(16)15-11/h3-5H,1-2H3,(H,14,15,16). The Morgan fingerprint density at radius 3 is 2.76 bits per heavy atom. The van der Waals surface area contributed by atoms with Gasteiger partial charge in [-0.3, -0.25) is 4.79 Å². The first kappa shape index (κ1) is 12.3. The van der Waals surface area contributed by atoms with Crippen molar-refractivity contribution in [2.24, 2.45) is 0 Å². The molecule has 0 aliphatic rings. The molecular weight excluding hydrogens is 302 g/mol. The SMILES string of the molecule is Cc1cc(=O)[nH]c(Sc2ncc(Br)cc2C)n1. The Labute approximate surface area is 111 Å². The molecule has 6 heteroatoms. The van der Waals surface area contributed by atoms with Gasteiger partial charge in [-0.2, -0.15) is 0 Å². The van der Waals surface area contributed by atoms with Crippen LogP contribution in [-0.2, 0) is 0 Å². The van der Waals surface area contributed by atoms with Gasteiger partial charge >= 0.3 is 0 Å². The minimum Gasteiger partial charge on any atom is -0.301 e. The molecule has 2 rings (SSSR count). The monoisotopic (exact) mass is 311 g/mol. The Balaban J connectivity index is 2.34. The normalized spacial score (nSPS) is 10.5. The van der Waals surface area contributed by atoms with Gasteiger partial charge in [0.2, 0.25) is 0 Å². The number of pyridine rings is 1. The number of H-pyrrole nitrogens is 1. The summed E-state index contributed by atoms with van der Waals surface area (Å²) in [5, 5.41) is 1.40. The summed E-state index contributed by atoms with van der Waals surface area (Å²) in [5.74, 6) is 0. The van der Waals surface area contributed by atoms with Crippen LogP contribution in [0.4, 0.5) is 0 Å². The lowest BCUT2D eigenvalue weighted by atomic mass is 10.3. The molecule has 88 valence electrons. The van der Waals surface area contributed by atoms with Gasteiger partial charge in [0.1, 0.15) is 5.03 Å². The van der Waals surface area contributed by atoms with Gasteiger partial charge < -0.3 is 4.98 Å². The van der Waals surface area contributed by atoms with Crippen molar-refractivity contribution >= 4 is 27.7 Å². The second kappa shape index (κ2) is 5.01. The number of rotatable bonds is 2. The number of nitrogens with one attached hydrogen (secondary N) is 1. The molecule has 0 saturated heterocycles. The summed E-state index contributed by atoms with van der Waals surface area (Å²) in [6, 6.07) is 3.44. The molecule has 0 aliphatic carbocycles. The zero-order valence-electron chi connectivity index (χ0n) is 9.32. The van der Waals surface area contributed by atoms with Crippen LogP contribution in [0.5, 0.6) is 0 Å². The van der Waals surface area contributed by atoms with Gasteiger partial charge in [-0.15, -0.1) is 0 Å². The third-order valence-electron chi connectivity index (χ3n) is 2.04. The first-order chi connectivity index (χ1) is 8.04. The van der Waals surface area contributed by atoms with Crippen LogP contribution in [-0.4, -0.2) is 15.0 Å². The van der Waals surface area contributed by atoms with Gasteiger partial charge in [0.15, 0.2) is 5.16 Å². The fourth-order valence-electron chi connectivity index (χ4n) is 1.33. The van der Waals surface area contributed by atoms with Gasteiger partial charge in [0.25, 0.3) is 5.56 Å². The van der Waals surface area contributed by atoms with Crippen molar-refractivity contribution in [3.05, 3.63) is 44.4 Å². The molecule has 4 nitrogen and oxygen atoms in total. The molecule has 0 fully saturated rings. The molecule has 1 N–H and O–H groups in total. The van der Waals surface area contributed by atoms with Crippen molar-refractivity contribution in [3.8, 4) is 0 Å². The van der Waals surface area contributed by atoms with Crippen LogP contribution < -0.4 is 5.56 Å². The molecule has 0 amide bonds. The molecule has 17 heavy (non-hydrogen) atoms. The number of nitrogens with zero attached hydrogens (tertiary/aromatic N) is 2. The van der Waals surface area contributed by atoms with Crippen molar-refractivity contribution < 1.29 is 0 Å². The molecule has 0 spiro atoms. The Bertz CT molecular complexity index is 612. The van der Waals surface area contributed by atoms with E-state index in [1.54, 1.807) is 13.1 Å². The highest BCUT2D eigenvalue weighted by molar-refractivity contribution is 9.10. The van der Waals surface area contributed by atoms with Crippen LogP contribution in [0.15, 0.2) is 37.8 Å². The highest BCUT2D eigenvalue weighted by atomic mass is 79.9. The van der Waals surface area contributed by atoms with E-state index in [1.165, 1.54) is 17.8 Å². The van der Waals surface area contributed by atoms with Gasteiger partial charge in [0.05, 0.1) is 0 Å². The highest BCUT2D eigenvalue weighted by Crippen LogP contribution is 2.26. The van der Waals surface area contributed by atoms with Gasteiger partial charge in [-0.1, -0.05) is 0 Å². The number of aromatic nitrogens is 3. The molecule has 0 bridgehead atoms.